The van der Waals surface area contributed by atoms with Gasteiger partial charge in [0.05, 0.1) is 11.9 Å². The molecule has 0 aromatic carbocycles. The molecule has 0 spiro atoms. The average molecular weight is 345 g/mol. The maximum atomic E-state index is 11.7. The first-order valence-corrected chi connectivity index (χ1v) is 9.66. The van der Waals surface area contributed by atoms with E-state index in [1.54, 1.807) is 0 Å². The van der Waals surface area contributed by atoms with Crippen LogP contribution in [-0.2, 0) is 9.53 Å². The Balaban J connectivity index is 1.60. The molecular formula is C14H24N4O2S2. The Morgan fingerprint density at radius 3 is 3.14 bits per heavy atom. The molecule has 2 N–H and O–H groups in total. The van der Waals surface area contributed by atoms with Gasteiger partial charge in [0.2, 0.25) is 11.0 Å². The monoisotopic (exact) mass is 344 g/mol. The molecule has 1 aliphatic rings. The summed E-state index contributed by atoms with van der Waals surface area (Å²) in [6.45, 7) is 4.54. The van der Waals surface area contributed by atoms with Crippen molar-refractivity contribution in [2.45, 2.75) is 49.5 Å². The van der Waals surface area contributed by atoms with Crippen LogP contribution in [0.25, 0.3) is 0 Å². The highest BCUT2D eigenvalue weighted by Crippen LogP contribution is 2.25. The van der Waals surface area contributed by atoms with Crippen molar-refractivity contribution in [3.05, 3.63) is 0 Å². The second-order valence-electron chi connectivity index (χ2n) is 5.23. The van der Waals surface area contributed by atoms with Gasteiger partial charge >= 0.3 is 0 Å². The number of hydrogen-bond donors (Lipinski definition) is 2. The van der Waals surface area contributed by atoms with Gasteiger partial charge in [-0.3, -0.25) is 4.79 Å². The first-order chi connectivity index (χ1) is 10.8. The normalized spacial score (nSPS) is 17.6. The molecular weight excluding hydrogens is 320 g/mol. The summed E-state index contributed by atoms with van der Waals surface area (Å²) in [6.07, 6.45) is 5.89. The van der Waals surface area contributed by atoms with E-state index in [-0.39, 0.29) is 12.0 Å². The number of hydrogen-bond acceptors (Lipinski definition) is 7. The molecule has 1 atom stereocenters. The number of nitrogens with one attached hydrogen (secondary N) is 2. The quantitative estimate of drug-likeness (QED) is 0.502. The fourth-order valence-electron chi connectivity index (χ4n) is 2.13. The van der Waals surface area contributed by atoms with Crippen molar-refractivity contribution in [3.8, 4) is 0 Å². The van der Waals surface area contributed by atoms with Crippen molar-refractivity contribution in [3.63, 3.8) is 0 Å². The lowest BCUT2D eigenvalue weighted by Gasteiger charge is -2.08. The summed E-state index contributed by atoms with van der Waals surface area (Å²) in [5.41, 5.74) is 0. The Labute approximate surface area is 139 Å². The molecule has 1 saturated heterocycles. The van der Waals surface area contributed by atoms with Gasteiger partial charge in [-0.25, -0.2) is 0 Å². The van der Waals surface area contributed by atoms with Gasteiger partial charge in [-0.1, -0.05) is 42.9 Å². The number of amides is 1. The van der Waals surface area contributed by atoms with E-state index in [1.807, 2.05) is 0 Å². The number of thioether (sulfide) groups is 1. The minimum absolute atomic E-state index is 0.0603. The number of anilines is 1. The van der Waals surface area contributed by atoms with Gasteiger partial charge < -0.3 is 15.4 Å². The molecule has 1 amide bonds. The average Bonchev–Trinajstić information content (AvgIpc) is 3.18. The first-order valence-electron chi connectivity index (χ1n) is 7.86. The zero-order chi connectivity index (χ0) is 15.6. The third kappa shape index (κ3) is 6.50. The first kappa shape index (κ1) is 17.5. The lowest BCUT2D eigenvalue weighted by molar-refractivity contribution is -0.118. The van der Waals surface area contributed by atoms with E-state index in [2.05, 4.69) is 27.8 Å². The number of carbonyl (C=O) groups excluding carboxylic acids is 1. The summed E-state index contributed by atoms with van der Waals surface area (Å²) >= 11 is 2.92. The van der Waals surface area contributed by atoms with Crippen LogP contribution < -0.4 is 10.6 Å². The van der Waals surface area contributed by atoms with Crippen molar-refractivity contribution in [2.75, 3.05) is 30.8 Å². The van der Waals surface area contributed by atoms with E-state index in [1.165, 1.54) is 23.1 Å². The SMILES string of the molecule is CCCCCNC(=O)CSc1nnc(NCC2CCCO2)s1. The Hall–Kier alpha value is -0.860. The lowest BCUT2D eigenvalue weighted by Crippen LogP contribution is -2.26. The molecule has 1 aromatic heterocycles. The highest BCUT2D eigenvalue weighted by molar-refractivity contribution is 8.01. The third-order valence-corrected chi connectivity index (χ3v) is 5.35. The van der Waals surface area contributed by atoms with Crippen LogP contribution in [0.3, 0.4) is 0 Å². The third-order valence-electron chi connectivity index (χ3n) is 3.34. The van der Waals surface area contributed by atoms with Gasteiger partial charge in [0.1, 0.15) is 0 Å². The second kappa shape index (κ2) is 10.0. The molecule has 0 radical (unpaired) electrons. The van der Waals surface area contributed by atoms with Gasteiger partial charge in [0.15, 0.2) is 4.34 Å². The van der Waals surface area contributed by atoms with Gasteiger partial charge in [-0.2, -0.15) is 0 Å². The lowest BCUT2D eigenvalue weighted by atomic mass is 10.2. The van der Waals surface area contributed by atoms with Gasteiger partial charge in [-0.05, 0) is 19.3 Å². The Bertz CT molecular complexity index is 450. The summed E-state index contributed by atoms with van der Waals surface area (Å²) in [5, 5.41) is 15.1. The largest absolute Gasteiger partial charge is 0.376 e. The molecule has 0 aliphatic carbocycles. The minimum Gasteiger partial charge on any atom is -0.376 e. The van der Waals surface area contributed by atoms with Crippen LogP contribution in [0, 0.1) is 0 Å². The minimum atomic E-state index is 0.0603. The maximum absolute atomic E-state index is 11.7. The van der Waals surface area contributed by atoms with Gasteiger partial charge in [-0.15, -0.1) is 10.2 Å². The van der Waals surface area contributed by atoms with E-state index < -0.39 is 0 Å². The molecule has 1 fully saturated rings. The van der Waals surface area contributed by atoms with Crippen LogP contribution in [-0.4, -0.2) is 47.7 Å². The molecule has 1 aromatic rings. The number of unbranched alkanes of at least 4 members (excludes halogenated alkanes) is 2. The smallest absolute Gasteiger partial charge is 0.230 e. The Morgan fingerprint density at radius 2 is 2.36 bits per heavy atom. The van der Waals surface area contributed by atoms with Crippen LogP contribution in [0.15, 0.2) is 4.34 Å². The zero-order valence-electron chi connectivity index (χ0n) is 13.0. The summed E-state index contributed by atoms with van der Waals surface area (Å²) in [6, 6.07) is 0. The highest BCUT2D eigenvalue weighted by atomic mass is 32.2. The number of ether oxygens (including phenoxy) is 1. The molecule has 0 saturated carbocycles. The maximum Gasteiger partial charge on any atom is 0.230 e. The van der Waals surface area contributed by atoms with Crippen molar-refractivity contribution < 1.29 is 9.53 Å². The van der Waals surface area contributed by atoms with E-state index in [0.29, 0.717) is 5.75 Å². The number of rotatable bonds is 10. The van der Waals surface area contributed by atoms with E-state index in [4.69, 9.17) is 4.74 Å². The van der Waals surface area contributed by atoms with Crippen LogP contribution in [0.1, 0.15) is 39.0 Å². The number of carbonyl (C=O) groups is 1. The Morgan fingerprint density at radius 1 is 1.45 bits per heavy atom. The van der Waals surface area contributed by atoms with E-state index in [0.717, 1.165) is 61.3 Å². The summed E-state index contributed by atoms with van der Waals surface area (Å²) in [5.74, 6) is 0.456. The molecule has 0 bridgehead atoms. The molecule has 6 nitrogen and oxygen atoms in total. The molecule has 22 heavy (non-hydrogen) atoms. The summed E-state index contributed by atoms with van der Waals surface area (Å²) < 4.78 is 6.37. The molecule has 8 heteroatoms. The fraction of sp³-hybridized carbons (Fsp3) is 0.786. The van der Waals surface area contributed by atoms with Gasteiger partial charge in [0, 0.05) is 19.7 Å². The fourth-order valence-corrected chi connectivity index (χ4v) is 3.72. The molecule has 1 unspecified atom stereocenters. The highest BCUT2D eigenvalue weighted by Gasteiger charge is 2.16. The molecule has 124 valence electrons. The standard InChI is InChI=1S/C14H24N4O2S2/c1-2-3-4-7-15-12(19)10-21-14-18-17-13(22-14)16-9-11-6-5-8-20-11/h11H,2-10H2,1H3,(H,15,19)(H,16,17). The van der Waals surface area contributed by atoms with Crippen molar-refractivity contribution in [2.24, 2.45) is 0 Å². The predicted molar refractivity (Wildman–Crippen MR) is 90.6 cm³/mol. The molecule has 2 rings (SSSR count). The predicted octanol–water partition coefficient (Wildman–Crippen LogP) is 2.53. The van der Waals surface area contributed by atoms with Crippen molar-refractivity contribution >= 4 is 34.1 Å². The van der Waals surface area contributed by atoms with Crippen LogP contribution in [0.5, 0.6) is 0 Å². The second-order valence-corrected chi connectivity index (χ2v) is 7.43. The van der Waals surface area contributed by atoms with E-state index in [9.17, 15) is 4.79 Å². The number of nitrogens with zero attached hydrogens (tertiary/aromatic N) is 2. The van der Waals surface area contributed by atoms with Crippen LogP contribution in [0.4, 0.5) is 5.13 Å². The topological polar surface area (TPSA) is 76.1 Å². The number of aromatic nitrogens is 2. The van der Waals surface area contributed by atoms with Crippen molar-refractivity contribution in [1.29, 1.82) is 0 Å². The molecule has 2 heterocycles. The van der Waals surface area contributed by atoms with Crippen molar-refractivity contribution in [1.82, 2.24) is 15.5 Å². The zero-order valence-corrected chi connectivity index (χ0v) is 14.6. The van der Waals surface area contributed by atoms with Crippen LogP contribution >= 0.6 is 23.1 Å². The Kier molecular flexibility index (Phi) is 7.96. The van der Waals surface area contributed by atoms with Gasteiger partial charge in [0.25, 0.3) is 0 Å². The van der Waals surface area contributed by atoms with Crippen LogP contribution in [0.2, 0.25) is 0 Å². The van der Waals surface area contributed by atoms with E-state index >= 15 is 0 Å². The summed E-state index contributed by atoms with van der Waals surface area (Å²) in [7, 11) is 0. The molecule has 1 aliphatic heterocycles. The summed E-state index contributed by atoms with van der Waals surface area (Å²) in [4.78, 5) is 11.7.